The first-order valence-electron chi connectivity index (χ1n) is 5.36. The lowest BCUT2D eigenvalue weighted by molar-refractivity contribution is 0.199. The molecule has 2 rings (SSSR count). The molecule has 0 amide bonds. The van der Waals surface area contributed by atoms with Crippen molar-refractivity contribution >= 4 is 43.2 Å². The Hall–Kier alpha value is 0.580. The molecule has 16 heavy (non-hydrogen) atoms. The molecule has 1 heterocycles. The predicted molar refractivity (Wildman–Crippen MR) is 75.3 cm³/mol. The molecule has 1 aromatic rings. The molecular weight excluding hydrogens is 354 g/mol. The van der Waals surface area contributed by atoms with Gasteiger partial charge in [-0.2, -0.15) is 0 Å². The standard InChI is InChI=1S/C11H15Br2NOS/c1-15-3-2-14-6-7-4-8(7)10-5-9(12)11(13)16-10/h5,7-8,14H,2-4,6H2,1H3. The lowest BCUT2D eigenvalue weighted by Crippen LogP contribution is -2.21. The van der Waals surface area contributed by atoms with Gasteiger partial charge in [0.15, 0.2) is 0 Å². The number of halogens is 2. The van der Waals surface area contributed by atoms with E-state index in [-0.39, 0.29) is 0 Å². The quantitative estimate of drug-likeness (QED) is 0.774. The minimum Gasteiger partial charge on any atom is -0.383 e. The van der Waals surface area contributed by atoms with Crippen LogP contribution in [0.4, 0.5) is 0 Å². The van der Waals surface area contributed by atoms with Gasteiger partial charge >= 0.3 is 0 Å². The van der Waals surface area contributed by atoms with E-state index in [1.165, 1.54) is 19.6 Å². The molecule has 1 saturated carbocycles. The summed E-state index contributed by atoms with van der Waals surface area (Å²) in [5.74, 6) is 1.58. The Balaban J connectivity index is 1.74. The van der Waals surface area contributed by atoms with Crippen molar-refractivity contribution in [1.82, 2.24) is 5.32 Å². The molecule has 90 valence electrons. The van der Waals surface area contributed by atoms with Crippen LogP contribution in [0.15, 0.2) is 14.3 Å². The molecule has 0 bridgehead atoms. The lowest BCUT2D eigenvalue weighted by Gasteiger charge is -2.02. The molecule has 1 N–H and O–H groups in total. The third-order valence-corrected chi connectivity index (χ3v) is 6.23. The summed E-state index contributed by atoms with van der Waals surface area (Å²) in [6.45, 7) is 2.87. The minimum absolute atomic E-state index is 0.766. The Kier molecular flexibility index (Phi) is 4.85. The molecule has 2 unspecified atom stereocenters. The maximum absolute atomic E-state index is 5.00. The Morgan fingerprint density at radius 1 is 1.56 bits per heavy atom. The number of ether oxygens (including phenoxy) is 1. The second kappa shape index (κ2) is 5.96. The van der Waals surface area contributed by atoms with E-state index in [0.717, 1.165) is 31.5 Å². The summed E-state index contributed by atoms with van der Waals surface area (Å²) in [5, 5.41) is 3.43. The van der Waals surface area contributed by atoms with E-state index in [1.807, 2.05) is 11.3 Å². The number of nitrogens with one attached hydrogen (secondary N) is 1. The van der Waals surface area contributed by atoms with E-state index >= 15 is 0 Å². The zero-order valence-electron chi connectivity index (χ0n) is 9.13. The van der Waals surface area contributed by atoms with E-state index in [1.54, 1.807) is 7.11 Å². The molecule has 0 saturated heterocycles. The predicted octanol–water partition coefficient (Wildman–Crippen LogP) is 3.61. The van der Waals surface area contributed by atoms with Crippen LogP contribution in [0.3, 0.4) is 0 Å². The molecule has 1 aromatic heterocycles. The highest BCUT2D eigenvalue weighted by molar-refractivity contribution is 9.13. The Morgan fingerprint density at radius 2 is 2.38 bits per heavy atom. The van der Waals surface area contributed by atoms with Crippen LogP contribution in [-0.4, -0.2) is 26.8 Å². The number of thiophene rings is 1. The van der Waals surface area contributed by atoms with Crippen LogP contribution < -0.4 is 5.32 Å². The number of hydrogen-bond donors (Lipinski definition) is 1. The van der Waals surface area contributed by atoms with Crippen LogP contribution in [-0.2, 0) is 4.74 Å². The van der Waals surface area contributed by atoms with E-state index in [0.29, 0.717) is 0 Å². The van der Waals surface area contributed by atoms with Crippen molar-refractivity contribution in [2.45, 2.75) is 12.3 Å². The van der Waals surface area contributed by atoms with Crippen molar-refractivity contribution < 1.29 is 4.74 Å². The molecule has 5 heteroatoms. The van der Waals surface area contributed by atoms with E-state index in [9.17, 15) is 0 Å². The average Bonchev–Trinajstić information content (AvgIpc) is 2.95. The van der Waals surface area contributed by atoms with Crippen LogP contribution in [0.2, 0.25) is 0 Å². The monoisotopic (exact) mass is 367 g/mol. The minimum atomic E-state index is 0.766. The molecule has 2 atom stereocenters. The highest BCUT2D eigenvalue weighted by Crippen LogP contribution is 2.51. The van der Waals surface area contributed by atoms with Gasteiger partial charge in [0.2, 0.25) is 0 Å². The number of methoxy groups -OCH3 is 1. The Morgan fingerprint density at radius 3 is 3.00 bits per heavy atom. The zero-order valence-corrected chi connectivity index (χ0v) is 13.1. The Labute approximate surface area is 117 Å². The normalized spacial score (nSPS) is 23.7. The highest BCUT2D eigenvalue weighted by atomic mass is 79.9. The smallest absolute Gasteiger partial charge is 0.0843 e. The van der Waals surface area contributed by atoms with Crippen LogP contribution in [0, 0.1) is 5.92 Å². The number of rotatable bonds is 6. The van der Waals surface area contributed by atoms with Gasteiger partial charge in [0, 0.05) is 23.0 Å². The molecule has 1 aliphatic rings. The maximum atomic E-state index is 5.00. The maximum Gasteiger partial charge on any atom is 0.0843 e. The molecule has 2 nitrogen and oxygen atoms in total. The summed E-state index contributed by atoms with van der Waals surface area (Å²) < 4.78 is 7.40. The van der Waals surface area contributed by atoms with Gasteiger partial charge in [-0.3, -0.25) is 0 Å². The van der Waals surface area contributed by atoms with Gasteiger partial charge < -0.3 is 10.1 Å². The van der Waals surface area contributed by atoms with Gasteiger partial charge in [-0.25, -0.2) is 0 Å². The first-order chi connectivity index (χ1) is 7.72. The molecular formula is C11H15Br2NOS. The van der Waals surface area contributed by atoms with Crippen molar-refractivity contribution in [3.05, 3.63) is 19.2 Å². The summed E-state index contributed by atoms with van der Waals surface area (Å²) in [6, 6.07) is 2.24. The van der Waals surface area contributed by atoms with E-state index in [4.69, 9.17) is 4.74 Å². The zero-order chi connectivity index (χ0) is 11.5. The molecule has 0 spiro atoms. The van der Waals surface area contributed by atoms with Crippen LogP contribution >= 0.6 is 43.2 Å². The summed E-state index contributed by atoms with van der Waals surface area (Å²) >= 11 is 8.93. The van der Waals surface area contributed by atoms with Crippen LogP contribution in [0.5, 0.6) is 0 Å². The van der Waals surface area contributed by atoms with E-state index < -0.39 is 0 Å². The summed E-state index contributed by atoms with van der Waals surface area (Å²) in [6.07, 6.45) is 1.32. The van der Waals surface area contributed by atoms with Gasteiger partial charge in [0.1, 0.15) is 0 Å². The third-order valence-electron chi connectivity index (χ3n) is 2.84. The second-order valence-corrected chi connectivity index (χ2v) is 7.33. The Bertz CT molecular complexity index is 336. The fourth-order valence-corrected chi connectivity index (χ4v) is 4.13. The topological polar surface area (TPSA) is 21.3 Å². The van der Waals surface area contributed by atoms with E-state index in [2.05, 4.69) is 43.2 Å². The SMILES string of the molecule is COCCNCC1CC1c1cc(Br)c(Br)s1. The fourth-order valence-electron chi connectivity index (χ4n) is 1.83. The fraction of sp³-hybridized carbons (Fsp3) is 0.636. The molecule has 0 radical (unpaired) electrons. The molecule has 0 aromatic carbocycles. The van der Waals surface area contributed by atoms with Gasteiger partial charge in [0.05, 0.1) is 10.4 Å². The van der Waals surface area contributed by atoms with Crippen molar-refractivity contribution in [1.29, 1.82) is 0 Å². The second-order valence-electron chi connectivity index (χ2n) is 4.07. The van der Waals surface area contributed by atoms with Gasteiger partial charge in [-0.15, -0.1) is 11.3 Å². The molecule has 1 aliphatic carbocycles. The molecule has 1 fully saturated rings. The van der Waals surface area contributed by atoms with Crippen molar-refractivity contribution in [3.8, 4) is 0 Å². The highest BCUT2D eigenvalue weighted by Gasteiger charge is 2.39. The molecule has 0 aliphatic heterocycles. The third kappa shape index (κ3) is 3.29. The summed E-state index contributed by atoms with van der Waals surface area (Å²) in [4.78, 5) is 1.50. The van der Waals surface area contributed by atoms with Gasteiger partial charge in [0.25, 0.3) is 0 Å². The largest absolute Gasteiger partial charge is 0.383 e. The van der Waals surface area contributed by atoms with Gasteiger partial charge in [-0.1, -0.05) is 0 Å². The summed E-state index contributed by atoms with van der Waals surface area (Å²) in [7, 11) is 1.74. The van der Waals surface area contributed by atoms with Crippen LogP contribution in [0.25, 0.3) is 0 Å². The average molecular weight is 369 g/mol. The number of hydrogen-bond acceptors (Lipinski definition) is 3. The van der Waals surface area contributed by atoms with Crippen LogP contribution in [0.1, 0.15) is 17.2 Å². The lowest BCUT2D eigenvalue weighted by atomic mass is 10.2. The van der Waals surface area contributed by atoms with Crippen molar-refractivity contribution in [2.75, 3.05) is 26.8 Å². The first kappa shape index (κ1) is 13.0. The van der Waals surface area contributed by atoms with Crippen molar-refractivity contribution in [2.24, 2.45) is 5.92 Å². The van der Waals surface area contributed by atoms with Gasteiger partial charge in [-0.05, 0) is 62.7 Å². The van der Waals surface area contributed by atoms with Crippen molar-refractivity contribution in [3.63, 3.8) is 0 Å². The first-order valence-corrected chi connectivity index (χ1v) is 7.77. The summed E-state index contributed by atoms with van der Waals surface area (Å²) in [5.41, 5.74) is 0.